The maximum absolute atomic E-state index is 13.4. The molecule has 1 saturated carbocycles. The Morgan fingerprint density at radius 3 is 2.53 bits per heavy atom. The molecule has 1 aromatic carbocycles. The number of nitrogens with two attached hydrogens (primary N) is 1. The lowest BCUT2D eigenvalue weighted by atomic mass is 9.59. The van der Waals surface area contributed by atoms with Gasteiger partial charge in [-0.25, -0.2) is 0 Å². The lowest BCUT2D eigenvalue weighted by Gasteiger charge is -2.46. The summed E-state index contributed by atoms with van der Waals surface area (Å²) in [5, 5.41) is 47.1. The van der Waals surface area contributed by atoms with Crippen LogP contribution in [0.15, 0.2) is 34.2 Å². The van der Waals surface area contributed by atoms with Crippen molar-refractivity contribution < 1.29 is 39.6 Å². The number of carbonyl (C=O) groups is 3. The molecule has 32 heavy (non-hydrogen) atoms. The van der Waals surface area contributed by atoms with E-state index in [1.807, 2.05) is 0 Å². The van der Waals surface area contributed by atoms with Crippen LogP contribution in [0.1, 0.15) is 36.5 Å². The molecule has 0 radical (unpaired) electrons. The van der Waals surface area contributed by atoms with Gasteiger partial charge in [-0.3, -0.25) is 14.4 Å². The van der Waals surface area contributed by atoms with Gasteiger partial charge in [-0.15, -0.1) is 0 Å². The number of Topliss-reactive ketones (excluding diaryl/α,β-unsaturated/α-hetero) is 2. The number of rotatable bonds is 3. The van der Waals surface area contributed by atoms with Gasteiger partial charge < -0.3 is 31.0 Å². The number of phenolic OH excluding ortho intramolecular Hbond substituents is 1. The number of ketones is 2. The minimum atomic E-state index is -2.57. The van der Waals surface area contributed by atoms with E-state index in [0.717, 1.165) is 0 Å². The predicted molar refractivity (Wildman–Crippen MR) is 111 cm³/mol. The molecule has 1 aromatic rings. The van der Waals surface area contributed by atoms with Gasteiger partial charge in [-0.2, -0.15) is 0 Å². The number of carbonyl (C=O) groups excluding carboxylic acids is 3. The molecule has 3 aliphatic rings. The number of amides is 1. The SMILES string of the molecule is CO/N=C(\C)c1ccc(O)c2c1C[C@H]1C[C@H]3CC(=O)C(C(N)=O)=C(O)[C@@]3(O)C(=O)C1=C2O. The highest BCUT2D eigenvalue weighted by atomic mass is 16.6. The van der Waals surface area contributed by atoms with E-state index in [4.69, 9.17) is 10.6 Å². The summed E-state index contributed by atoms with van der Waals surface area (Å²) in [6.45, 7) is 1.69. The Labute approximate surface area is 182 Å². The fraction of sp³-hybridized carbons (Fsp3) is 0.364. The molecule has 168 valence electrons. The number of aliphatic hydroxyl groups excluding tert-OH is 2. The Morgan fingerprint density at radius 2 is 1.91 bits per heavy atom. The van der Waals surface area contributed by atoms with E-state index in [9.17, 15) is 34.8 Å². The third kappa shape index (κ3) is 2.76. The van der Waals surface area contributed by atoms with E-state index in [2.05, 4.69) is 5.16 Å². The molecular weight excluding hydrogens is 420 g/mol. The van der Waals surface area contributed by atoms with E-state index in [1.54, 1.807) is 13.0 Å². The van der Waals surface area contributed by atoms with Crippen molar-refractivity contribution in [3.63, 3.8) is 0 Å². The molecular formula is C22H22N2O8. The summed E-state index contributed by atoms with van der Waals surface area (Å²) in [6, 6.07) is 2.95. The molecule has 0 saturated heterocycles. The highest BCUT2D eigenvalue weighted by molar-refractivity contribution is 6.22. The number of hydrogen-bond donors (Lipinski definition) is 5. The largest absolute Gasteiger partial charge is 0.508 e. The maximum Gasteiger partial charge on any atom is 0.255 e. The zero-order chi connectivity index (χ0) is 23.5. The fourth-order valence-corrected chi connectivity index (χ4v) is 5.15. The molecule has 0 heterocycles. The first-order chi connectivity index (χ1) is 15.0. The molecule has 0 aliphatic heterocycles. The van der Waals surface area contributed by atoms with Gasteiger partial charge in [0.05, 0.1) is 11.3 Å². The molecule has 0 spiro atoms. The molecule has 0 aromatic heterocycles. The molecule has 4 rings (SSSR count). The topological polar surface area (TPSA) is 180 Å². The van der Waals surface area contributed by atoms with Crippen molar-refractivity contribution in [3.8, 4) is 5.75 Å². The van der Waals surface area contributed by atoms with Crippen molar-refractivity contribution >= 4 is 28.9 Å². The standard InChI is InChI=1S/C22H22N2O8/c1-8(24-32-2)11-3-4-13(25)16-12(11)6-9-5-10-7-14(26)17(21(23)30)20(29)22(10,31)19(28)15(9)18(16)27/h3-4,9-10,25,27,29,31H,5-7H2,1-2H3,(H2,23,30)/b24-8+/t9-,10+,22+/m1/s1. The molecule has 3 atom stereocenters. The van der Waals surface area contributed by atoms with Crippen LogP contribution in [0.5, 0.6) is 5.75 Å². The smallest absolute Gasteiger partial charge is 0.255 e. The summed E-state index contributed by atoms with van der Waals surface area (Å²) in [4.78, 5) is 42.2. The van der Waals surface area contributed by atoms with Gasteiger partial charge in [0, 0.05) is 23.5 Å². The van der Waals surface area contributed by atoms with Crippen LogP contribution < -0.4 is 5.73 Å². The van der Waals surface area contributed by atoms with Crippen molar-refractivity contribution in [2.45, 2.75) is 31.8 Å². The van der Waals surface area contributed by atoms with E-state index < -0.39 is 52.0 Å². The number of phenols is 1. The van der Waals surface area contributed by atoms with Crippen LogP contribution in [0.2, 0.25) is 0 Å². The number of nitrogens with zero attached hydrogens (tertiary/aromatic N) is 1. The van der Waals surface area contributed by atoms with Gasteiger partial charge >= 0.3 is 0 Å². The Kier molecular flexibility index (Phi) is 4.85. The Morgan fingerprint density at radius 1 is 1.22 bits per heavy atom. The minimum Gasteiger partial charge on any atom is -0.508 e. The normalized spacial score (nSPS) is 27.7. The quantitative estimate of drug-likeness (QED) is 0.259. The van der Waals surface area contributed by atoms with Gasteiger partial charge in [-0.1, -0.05) is 5.16 Å². The van der Waals surface area contributed by atoms with Crippen LogP contribution in [0.4, 0.5) is 0 Å². The van der Waals surface area contributed by atoms with Crippen LogP contribution in [0.25, 0.3) is 5.76 Å². The number of oxime groups is 1. The summed E-state index contributed by atoms with van der Waals surface area (Å²) in [6.07, 6.45) is -0.0911. The number of benzene rings is 1. The van der Waals surface area contributed by atoms with Crippen molar-refractivity contribution in [3.05, 3.63) is 45.7 Å². The first kappa shape index (κ1) is 21.6. The van der Waals surface area contributed by atoms with Crippen LogP contribution >= 0.6 is 0 Å². The van der Waals surface area contributed by atoms with Crippen molar-refractivity contribution in [1.29, 1.82) is 0 Å². The monoisotopic (exact) mass is 442 g/mol. The number of primary amides is 1. The zero-order valence-corrected chi connectivity index (χ0v) is 17.4. The first-order valence-corrected chi connectivity index (χ1v) is 9.94. The van der Waals surface area contributed by atoms with Crippen LogP contribution in [0, 0.1) is 11.8 Å². The molecule has 1 fully saturated rings. The van der Waals surface area contributed by atoms with Crippen LogP contribution in [-0.4, -0.2) is 56.3 Å². The highest BCUT2D eigenvalue weighted by Crippen LogP contribution is 2.52. The summed E-state index contributed by atoms with van der Waals surface area (Å²) in [5.74, 6) is -6.57. The molecule has 0 unspecified atom stereocenters. The van der Waals surface area contributed by atoms with E-state index >= 15 is 0 Å². The average molecular weight is 442 g/mol. The second kappa shape index (κ2) is 7.20. The van der Waals surface area contributed by atoms with Crippen molar-refractivity contribution in [2.75, 3.05) is 7.11 Å². The predicted octanol–water partition coefficient (Wildman–Crippen LogP) is 0.794. The molecule has 6 N–H and O–H groups in total. The average Bonchev–Trinajstić information content (AvgIpc) is 2.70. The van der Waals surface area contributed by atoms with E-state index in [-0.39, 0.29) is 36.1 Å². The zero-order valence-electron chi connectivity index (χ0n) is 17.4. The van der Waals surface area contributed by atoms with E-state index in [0.29, 0.717) is 16.8 Å². The Hall–Kier alpha value is -3.66. The Bertz CT molecular complexity index is 1180. The van der Waals surface area contributed by atoms with Gasteiger partial charge in [0.1, 0.15) is 30.0 Å². The molecule has 3 aliphatic carbocycles. The molecule has 1 amide bonds. The third-order valence-electron chi connectivity index (χ3n) is 6.57. The fourth-order valence-electron chi connectivity index (χ4n) is 5.15. The van der Waals surface area contributed by atoms with Crippen LogP contribution in [-0.2, 0) is 25.6 Å². The highest BCUT2D eigenvalue weighted by Gasteiger charge is 2.60. The lowest BCUT2D eigenvalue weighted by Crippen LogP contribution is -2.58. The van der Waals surface area contributed by atoms with Crippen molar-refractivity contribution in [2.24, 2.45) is 22.7 Å². The van der Waals surface area contributed by atoms with Gasteiger partial charge in [0.2, 0.25) is 5.78 Å². The number of fused-ring (bicyclic) bond motifs is 3. The lowest BCUT2D eigenvalue weighted by molar-refractivity contribution is -0.147. The second-order valence-corrected chi connectivity index (χ2v) is 8.25. The first-order valence-electron chi connectivity index (χ1n) is 9.94. The Balaban J connectivity index is 1.94. The summed E-state index contributed by atoms with van der Waals surface area (Å²) in [5.41, 5.74) is 3.22. The summed E-state index contributed by atoms with van der Waals surface area (Å²) >= 11 is 0. The maximum atomic E-state index is 13.4. The summed E-state index contributed by atoms with van der Waals surface area (Å²) in [7, 11) is 1.38. The number of aromatic hydroxyl groups is 1. The minimum absolute atomic E-state index is 0.0142. The van der Waals surface area contributed by atoms with Gasteiger partial charge in [0.15, 0.2) is 11.4 Å². The van der Waals surface area contributed by atoms with Gasteiger partial charge in [0.25, 0.3) is 5.91 Å². The summed E-state index contributed by atoms with van der Waals surface area (Å²) < 4.78 is 0. The number of aliphatic hydroxyl groups is 3. The second-order valence-electron chi connectivity index (χ2n) is 8.25. The number of hydrogen-bond acceptors (Lipinski definition) is 9. The van der Waals surface area contributed by atoms with Crippen molar-refractivity contribution in [1.82, 2.24) is 0 Å². The molecule has 0 bridgehead atoms. The third-order valence-corrected chi connectivity index (χ3v) is 6.57. The van der Waals surface area contributed by atoms with E-state index in [1.165, 1.54) is 13.2 Å². The van der Waals surface area contributed by atoms with Crippen LogP contribution in [0.3, 0.4) is 0 Å². The molecule has 10 nitrogen and oxygen atoms in total. The van der Waals surface area contributed by atoms with Gasteiger partial charge in [-0.05, 0) is 43.4 Å². The molecule has 10 heteroatoms.